The van der Waals surface area contributed by atoms with E-state index in [1.54, 1.807) is 12.1 Å². The minimum atomic E-state index is -4.42. The van der Waals surface area contributed by atoms with Crippen LogP contribution < -0.4 is 10.1 Å². The number of piperidine rings is 1. The Morgan fingerprint density at radius 3 is 2.29 bits per heavy atom. The molecule has 6 nitrogen and oxygen atoms in total. The number of nitrogens with one attached hydrogen (secondary N) is 1. The summed E-state index contributed by atoms with van der Waals surface area (Å²) in [5, 5.41) is 2.59. The molecule has 1 fully saturated rings. The van der Waals surface area contributed by atoms with E-state index in [1.165, 1.54) is 28.6 Å². The van der Waals surface area contributed by atoms with E-state index >= 15 is 0 Å². The van der Waals surface area contributed by atoms with Crippen molar-refractivity contribution in [3.05, 3.63) is 59.7 Å². The zero-order valence-corrected chi connectivity index (χ0v) is 17.5. The highest BCUT2D eigenvalue weighted by molar-refractivity contribution is 7.89. The standard InChI is InChI=1S/C21H23F3N2O4S/c22-21(23,24)16-8-10-17(11-9-16)30-15-12-25-20(27)18-6-2-3-7-19(18)31(28,29)26-13-4-1-5-14-26/h2-3,6-11H,1,4-5,12-15H2,(H,25,27). The molecule has 2 aromatic carbocycles. The first-order chi connectivity index (χ1) is 14.7. The first-order valence-electron chi connectivity index (χ1n) is 9.87. The van der Waals surface area contributed by atoms with E-state index in [9.17, 15) is 26.4 Å². The topological polar surface area (TPSA) is 75.7 Å². The SMILES string of the molecule is O=C(NCCOc1ccc(C(F)(F)F)cc1)c1ccccc1S(=O)(=O)N1CCCCC1. The Balaban J connectivity index is 1.59. The summed E-state index contributed by atoms with van der Waals surface area (Å²) in [4.78, 5) is 12.5. The maximum atomic E-state index is 13.0. The molecule has 0 aromatic heterocycles. The van der Waals surface area contributed by atoms with Crippen LogP contribution in [0.1, 0.15) is 35.2 Å². The number of carbonyl (C=O) groups excluding carboxylic acids is 1. The summed E-state index contributed by atoms with van der Waals surface area (Å²) >= 11 is 0. The van der Waals surface area contributed by atoms with Gasteiger partial charge in [-0.05, 0) is 49.2 Å². The van der Waals surface area contributed by atoms with E-state index in [-0.39, 0.29) is 29.4 Å². The summed E-state index contributed by atoms with van der Waals surface area (Å²) in [6.07, 6.45) is -1.87. The smallest absolute Gasteiger partial charge is 0.416 e. The maximum Gasteiger partial charge on any atom is 0.416 e. The quantitative estimate of drug-likeness (QED) is 0.645. The van der Waals surface area contributed by atoms with E-state index in [4.69, 9.17) is 4.74 Å². The van der Waals surface area contributed by atoms with Gasteiger partial charge in [-0.15, -0.1) is 0 Å². The Morgan fingerprint density at radius 1 is 1.00 bits per heavy atom. The first kappa shape index (κ1) is 23.1. The minimum Gasteiger partial charge on any atom is -0.492 e. The number of amides is 1. The largest absolute Gasteiger partial charge is 0.492 e. The molecule has 31 heavy (non-hydrogen) atoms. The Kier molecular flexibility index (Phi) is 7.22. The van der Waals surface area contributed by atoms with Gasteiger partial charge in [0.1, 0.15) is 12.4 Å². The Bertz CT molecular complexity index is 1000. The summed E-state index contributed by atoms with van der Waals surface area (Å²) in [7, 11) is -3.78. The molecule has 1 aliphatic rings. The van der Waals surface area contributed by atoms with Crippen LogP contribution in [0.2, 0.25) is 0 Å². The van der Waals surface area contributed by atoms with Crippen LogP contribution in [-0.4, -0.2) is 44.9 Å². The third-order valence-corrected chi connectivity index (χ3v) is 6.86. The summed E-state index contributed by atoms with van der Waals surface area (Å²) in [6, 6.07) is 10.2. The van der Waals surface area contributed by atoms with Crippen LogP contribution >= 0.6 is 0 Å². The predicted molar refractivity (Wildman–Crippen MR) is 108 cm³/mol. The number of hydrogen-bond acceptors (Lipinski definition) is 4. The number of alkyl halides is 3. The van der Waals surface area contributed by atoms with Crippen LogP contribution in [0.4, 0.5) is 13.2 Å². The molecule has 1 amide bonds. The number of ether oxygens (including phenoxy) is 1. The van der Waals surface area contributed by atoms with Crippen molar-refractivity contribution < 1.29 is 31.1 Å². The number of nitrogens with zero attached hydrogens (tertiary/aromatic N) is 1. The van der Waals surface area contributed by atoms with Crippen LogP contribution in [0.5, 0.6) is 5.75 Å². The number of carbonyl (C=O) groups is 1. The summed E-state index contributed by atoms with van der Waals surface area (Å²) < 4.78 is 70.4. The van der Waals surface area contributed by atoms with Gasteiger partial charge in [-0.2, -0.15) is 17.5 Å². The van der Waals surface area contributed by atoms with E-state index in [0.29, 0.717) is 13.1 Å². The third kappa shape index (κ3) is 5.76. The second-order valence-corrected chi connectivity index (χ2v) is 8.99. The van der Waals surface area contributed by atoms with Crippen LogP contribution in [0.25, 0.3) is 0 Å². The molecule has 1 N–H and O–H groups in total. The molecule has 1 aliphatic heterocycles. The van der Waals surface area contributed by atoms with Crippen molar-refractivity contribution in [3.63, 3.8) is 0 Å². The molecule has 0 aliphatic carbocycles. The molecule has 3 rings (SSSR count). The minimum absolute atomic E-state index is 0.0121. The van der Waals surface area contributed by atoms with Gasteiger partial charge in [-0.3, -0.25) is 4.79 Å². The lowest BCUT2D eigenvalue weighted by atomic mass is 10.2. The molecule has 168 valence electrons. The fraction of sp³-hybridized carbons (Fsp3) is 0.381. The van der Waals surface area contributed by atoms with Gasteiger partial charge in [-0.25, -0.2) is 8.42 Å². The third-order valence-electron chi connectivity index (χ3n) is 4.90. The van der Waals surface area contributed by atoms with Crippen LogP contribution in [0, 0.1) is 0 Å². The first-order valence-corrected chi connectivity index (χ1v) is 11.3. The molecule has 1 saturated heterocycles. The van der Waals surface area contributed by atoms with Crippen molar-refractivity contribution in [1.29, 1.82) is 0 Å². The van der Waals surface area contributed by atoms with Gasteiger partial charge in [0, 0.05) is 13.1 Å². The van der Waals surface area contributed by atoms with Crippen molar-refractivity contribution in [3.8, 4) is 5.75 Å². The lowest BCUT2D eigenvalue weighted by Gasteiger charge is -2.26. The summed E-state index contributed by atoms with van der Waals surface area (Å²) in [6.45, 7) is 0.925. The fourth-order valence-corrected chi connectivity index (χ4v) is 5.00. The van der Waals surface area contributed by atoms with Gasteiger partial charge in [0.15, 0.2) is 0 Å². The van der Waals surface area contributed by atoms with Crippen LogP contribution in [-0.2, 0) is 16.2 Å². The van der Waals surface area contributed by atoms with Gasteiger partial charge < -0.3 is 10.1 Å². The molecule has 0 spiro atoms. The van der Waals surface area contributed by atoms with Crippen molar-refractivity contribution >= 4 is 15.9 Å². The lowest BCUT2D eigenvalue weighted by molar-refractivity contribution is -0.137. The zero-order chi connectivity index (χ0) is 22.5. The number of benzene rings is 2. The van der Waals surface area contributed by atoms with Gasteiger partial charge in [-0.1, -0.05) is 18.6 Å². The molecule has 2 aromatic rings. The molecule has 0 radical (unpaired) electrons. The van der Waals surface area contributed by atoms with E-state index in [2.05, 4.69) is 5.32 Å². The molecular weight excluding hydrogens is 433 g/mol. The van der Waals surface area contributed by atoms with Crippen molar-refractivity contribution in [2.75, 3.05) is 26.2 Å². The van der Waals surface area contributed by atoms with Gasteiger partial charge in [0.05, 0.1) is 22.6 Å². The van der Waals surface area contributed by atoms with E-state index in [0.717, 1.165) is 31.4 Å². The maximum absolute atomic E-state index is 13.0. The van der Waals surface area contributed by atoms with Crippen molar-refractivity contribution in [1.82, 2.24) is 9.62 Å². The summed E-state index contributed by atoms with van der Waals surface area (Å²) in [5.41, 5.74) is -0.734. The fourth-order valence-electron chi connectivity index (χ4n) is 3.29. The average molecular weight is 456 g/mol. The summed E-state index contributed by atoms with van der Waals surface area (Å²) in [5.74, 6) is -0.331. The molecule has 0 unspecified atom stereocenters. The second kappa shape index (κ2) is 9.69. The highest BCUT2D eigenvalue weighted by Crippen LogP contribution is 2.30. The number of halogens is 3. The molecule has 0 atom stereocenters. The predicted octanol–water partition coefficient (Wildman–Crippen LogP) is 3.69. The molecule has 1 heterocycles. The Hall–Kier alpha value is -2.59. The molecule has 0 saturated carbocycles. The Morgan fingerprint density at radius 2 is 1.65 bits per heavy atom. The Labute approximate surface area is 179 Å². The molecular formula is C21H23F3N2O4S. The molecule has 10 heteroatoms. The monoisotopic (exact) mass is 456 g/mol. The number of rotatable bonds is 7. The molecule has 0 bridgehead atoms. The number of sulfonamides is 1. The highest BCUT2D eigenvalue weighted by Gasteiger charge is 2.30. The van der Waals surface area contributed by atoms with Crippen LogP contribution in [0.3, 0.4) is 0 Å². The average Bonchev–Trinajstić information content (AvgIpc) is 2.77. The van der Waals surface area contributed by atoms with E-state index in [1.807, 2.05) is 0 Å². The lowest BCUT2D eigenvalue weighted by Crippen LogP contribution is -2.37. The van der Waals surface area contributed by atoms with Gasteiger partial charge in [0.25, 0.3) is 5.91 Å². The highest BCUT2D eigenvalue weighted by atomic mass is 32.2. The zero-order valence-electron chi connectivity index (χ0n) is 16.7. The van der Waals surface area contributed by atoms with Crippen molar-refractivity contribution in [2.24, 2.45) is 0 Å². The van der Waals surface area contributed by atoms with Gasteiger partial charge in [0.2, 0.25) is 10.0 Å². The number of hydrogen-bond donors (Lipinski definition) is 1. The van der Waals surface area contributed by atoms with E-state index < -0.39 is 27.7 Å². The van der Waals surface area contributed by atoms with Crippen LogP contribution in [0.15, 0.2) is 53.4 Å². The van der Waals surface area contributed by atoms with Gasteiger partial charge >= 0.3 is 6.18 Å². The van der Waals surface area contributed by atoms with Crippen molar-refractivity contribution in [2.45, 2.75) is 30.3 Å². The normalized spacial score (nSPS) is 15.5. The second-order valence-electron chi connectivity index (χ2n) is 7.09.